The third-order valence-corrected chi connectivity index (χ3v) is 6.76. The Kier molecular flexibility index (Phi) is 4.70. The summed E-state index contributed by atoms with van der Waals surface area (Å²) >= 11 is 0. The molecule has 160 valence electrons. The van der Waals surface area contributed by atoms with Gasteiger partial charge in [0.25, 0.3) is 5.91 Å². The lowest BCUT2D eigenvalue weighted by atomic mass is 9.98. The van der Waals surface area contributed by atoms with E-state index >= 15 is 0 Å². The Morgan fingerprint density at radius 3 is 2.68 bits per heavy atom. The van der Waals surface area contributed by atoms with Gasteiger partial charge in [-0.15, -0.1) is 0 Å². The van der Waals surface area contributed by atoms with E-state index in [1.807, 2.05) is 19.1 Å². The predicted octanol–water partition coefficient (Wildman–Crippen LogP) is 3.85. The third-order valence-electron chi connectivity index (χ3n) is 6.76. The minimum Gasteiger partial charge on any atom is -0.368 e. The van der Waals surface area contributed by atoms with Crippen LogP contribution in [0.4, 0.5) is 10.1 Å². The van der Waals surface area contributed by atoms with E-state index in [1.165, 1.54) is 6.07 Å². The van der Waals surface area contributed by atoms with E-state index in [2.05, 4.69) is 40.3 Å². The van der Waals surface area contributed by atoms with Crippen molar-refractivity contribution in [3.63, 3.8) is 0 Å². The Bertz CT molecular complexity index is 1170. The summed E-state index contributed by atoms with van der Waals surface area (Å²) in [5.41, 5.74) is 3.75. The van der Waals surface area contributed by atoms with Crippen LogP contribution in [0.1, 0.15) is 34.3 Å². The van der Waals surface area contributed by atoms with Crippen LogP contribution in [0.15, 0.2) is 48.7 Å². The second-order valence-electron chi connectivity index (χ2n) is 9.05. The van der Waals surface area contributed by atoms with E-state index in [0.717, 1.165) is 42.7 Å². The number of nitrogens with zero attached hydrogens (tertiary/aromatic N) is 3. The number of likely N-dealkylation sites (N-methyl/N-ethyl adjacent to an activating group) is 1. The summed E-state index contributed by atoms with van der Waals surface area (Å²) in [6, 6.07) is 13.4. The van der Waals surface area contributed by atoms with E-state index in [-0.39, 0.29) is 11.7 Å². The fourth-order valence-corrected chi connectivity index (χ4v) is 4.44. The monoisotopic (exact) mass is 418 g/mol. The van der Waals surface area contributed by atoms with Crippen LogP contribution in [0.25, 0.3) is 10.9 Å². The number of benzene rings is 2. The number of pyridine rings is 1. The number of hydrogen-bond acceptors (Lipinski definition) is 4. The lowest BCUT2D eigenvalue weighted by Gasteiger charge is -2.44. The number of carbonyl (C=O) groups is 1. The van der Waals surface area contributed by atoms with Crippen LogP contribution in [0, 0.1) is 12.7 Å². The molecule has 2 aliphatic rings. The van der Waals surface area contributed by atoms with Gasteiger partial charge in [-0.3, -0.25) is 9.78 Å². The second kappa shape index (κ2) is 7.31. The third kappa shape index (κ3) is 3.45. The quantitative estimate of drug-likeness (QED) is 0.684. The average molecular weight is 419 g/mol. The molecule has 0 bridgehead atoms. The average Bonchev–Trinajstić information content (AvgIpc) is 3.48. The summed E-state index contributed by atoms with van der Waals surface area (Å²) in [5, 5.41) is 3.75. The van der Waals surface area contributed by atoms with Crippen molar-refractivity contribution in [2.24, 2.45) is 0 Å². The van der Waals surface area contributed by atoms with Gasteiger partial charge in [-0.05, 0) is 69.8 Å². The van der Waals surface area contributed by atoms with Crippen LogP contribution < -0.4 is 10.2 Å². The number of hydrogen-bond donors (Lipinski definition) is 1. The minimum atomic E-state index is -0.480. The van der Waals surface area contributed by atoms with Crippen molar-refractivity contribution >= 4 is 22.5 Å². The molecular formula is C25H27FN4O. The second-order valence-corrected chi connectivity index (χ2v) is 9.05. The van der Waals surface area contributed by atoms with Gasteiger partial charge in [-0.25, -0.2) is 4.39 Å². The first-order valence-electron chi connectivity index (χ1n) is 10.8. The van der Waals surface area contributed by atoms with Crippen LogP contribution in [0.3, 0.4) is 0 Å². The van der Waals surface area contributed by atoms with Gasteiger partial charge >= 0.3 is 0 Å². The van der Waals surface area contributed by atoms with Crippen molar-refractivity contribution in [3.8, 4) is 0 Å². The molecule has 1 saturated carbocycles. The molecule has 0 unspecified atom stereocenters. The number of aromatic nitrogens is 1. The van der Waals surface area contributed by atoms with Gasteiger partial charge in [-0.1, -0.05) is 12.1 Å². The molecule has 0 radical (unpaired) electrons. The molecule has 1 amide bonds. The molecule has 2 fully saturated rings. The summed E-state index contributed by atoms with van der Waals surface area (Å²) in [6.45, 7) is 3.90. The Hall–Kier alpha value is -2.99. The highest BCUT2D eigenvalue weighted by molar-refractivity contribution is 5.98. The normalized spacial score (nSPS) is 17.6. The number of aryl methyl sites for hydroxylation is 1. The summed E-state index contributed by atoms with van der Waals surface area (Å²) in [7, 11) is 4.19. The summed E-state index contributed by atoms with van der Waals surface area (Å²) in [6.07, 6.45) is 3.32. The van der Waals surface area contributed by atoms with E-state index in [1.54, 1.807) is 24.4 Å². The maximum Gasteiger partial charge on any atom is 0.252 e. The number of carbonyl (C=O) groups excluding carboxylic acids is 1. The van der Waals surface area contributed by atoms with Crippen molar-refractivity contribution in [1.82, 2.24) is 15.2 Å². The Labute approximate surface area is 181 Å². The first kappa shape index (κ1) is 19.9. The highest BCUT2D eigenvalue weighted by atomic mass is 19.1. The van der Waals surface area contributed by atoms with Gasteiger partial charge in [0.1, 0.15) is 5.82 Å². The molecule has 1 aliphatic heterocycles. The van der Waals surface area contributed by atoms with Gasteiger partial charge in [-0.2, -0.15) is 0 Å². The van der Waals surface area contributed by atoms with Gasteiger partial charge in [0.15, 0.2) is 0 Å². The SMILES string of the molecule is Cc1ccc(N2CC(N(C)C)C2)cc1C(=O)NC1(c2ccc(F)c3cccnc23)CC1. The lowest BCUT2D eigenvalue weighted by Crippen LogP contribution is -2.57. The number of fused-ring (bicyclic) bond motifs is 1. The molecule has 0 atom stereocenters. The fourth-order valence-electron chi connectivity index (χ4n) is 4.44. The fraction of sp³-hybridized carbons (Fsp3) is 0.360. The molecule has 0 spiro atoms. The van der Waals surface area contributed by atoms with Crippen LogP contribution in [0.5, 0.6) is 0 Å². The zero-order valence-corrected chi connectivity index (χ0v) is 18.2. The lowest BCUT2D eigenvalue weighted by molar-refractivity contribution is 0.0930. The Balaban J connectivity index is 1.41. The largest absolute Gasteiger partial charge is 0.368 e. The molecule has 31 heavy (non-hydrogen) atoms. The first-order chi connectivity index (χ1) is 14.9. The smallest absolute Gasteiger partial charge is 0.252 e. The first-order valence-corrected chi connectivity index (χ1v) is 10.8. The molecule has 1 aromatic heterocycles. The number of nitrogens with one attached hydrogen (secondary N) is 1. The molecule has 1 saturated heterocycles. The van der Waals surface area contributed by atoms with Crippen LogP contribution >= 0.6 is 0 Å². The number of anilines is 1. The maximum absolute atomic E-state index is 14.3. The molecule has 3 aromatic rings. The van der Waals surface area contributed by atoms with Crippen molar-refractivity contribution in [3.05, 3.63) is 71.2 Å². The van der Waals surface area contributed by atoms with E-state index in [0.29, 0.717) is 22.5 Å². The van der Waals surface area contributed by atoms with E-state index in [4.69, 9.17) is 0 Å². The number of halogens is 1. The topological polar surface area (TPSA) is 48.5 Å². The molecule has 5 rings (SSSR count). The van der Waals surface area contributed by atoms with Crippen molar-refractivity contribution in [1.29, 1.82) is 0 Å². The van der Waals surface area contributed by atoms with Gasteiger partial charge < -0.3 is 15.1 Å². The molecule has 2 heterocycles. The minimum absolute atomic E-state index is 0.0880. The zero-order chi connectivity index (χ0) is 21.8. The van der Waals surface area contributed by atoms with Crippen molar-refractivity contribution in [2.75, 3.05) is 32.1 Å². The molecule has 5 nitrogen and oxygen atoms in total. The molecule has 6 heteroatoms. The molecular weight excluding hydrogens is 391 g/mol. The van der Waals surface area contributed by atoms with Gasteiger partial charge in [0.05, 0.1) is 11.1 Å². The Morgan fingerprint density at radius 2 is 1.97 bits per heavy atom. The predicted molar refractivity (Wildman–Crippen MR) is 121 cm³/mol. The summed E-state index contributed by atoms with van der Waals surface area (Å²) in [5.74, 6) is -0.377. The molecule has 1 N–H and O–H groups in total. The van der Waals surface area contributed by atoms with Crippen LogP contribution in [-0.2, 0) is 5.54 Å². The summed E-state index contributed by atoms with van der Waals surface area (Å²) < 4.78 is 14.3. The van der Waals surface area contributed by atoms with E-state index < -0.39 is 5.54 Å². The molecule has 1 aliphatic carbocycles. The number of amides is 1. The highest BCUT2D eigenvalue weighted by Gasteiger charge is 2.47. The van der Waals surface area contributed by atoms with Gasteiger partial charge in [0, 0.05) is 47.5 Å². The van der Waals surface area contributed by atoms with Crippen molar-refractivity contribution in [2.45, 2.75) is 31.3 Å². The standard InChI is InChI=1S/C25H27FN4O/c1-16-6-7-17(30-14-18(15-30)29(2)3)13-20(16)24(31)28-25(10-11-25)21-8-9-22(26)19-5-4-12-27-23(19)21/h4-9,12-13,18H,10-11,14-15H2,1-3H3,(H,28,31). The van der Waals surface area contributed by atoms with E-state index in [9.17, 15) is 9.18 Å². The number of rotatable bonds is 5. The Morgan fingerprint density at radius 1 is 1.19 bits per heavy atom. The highest BCUT2D eigenvalue weighted by Crippen LogP contribution is 2.48. The summed E-state index contributed by atoms with van der Waals surface area (Å²) in [4.78, 5) is 22.3. The van der Waals surface area contributed by atoms with Gasteiger partial charge in [0.2, 0.25) is 0 Å². The van der Waals surface area contributed by atoms with Crippen LogP contribution in [-0.4, -0.2) is 49.0 Å². The maximum atomic E-state index is 14.3. The van der Waals surface area contributed by atoms with Crippen molar-refractivity contribution < 1.29 is 9.18 Å². The van der Waals surface area contributed by atoms with Crippen LogP contribution in [0.2, 0.25) is 0 Å². The molecule has 2 aromatic carbocycles. The zero-order valence-electron chi connectivity index (χ0n) is 18.2.